The van der Waals surface area contributed by atoms with Crippen molar-refractivity contribution in [3.8, 4) is 11.8 Å². The lowest BCUT2D eigenvalue weighted by atomic mass is 10.2. The highest BCUT2D eigenvalue weighted by molar-refractivity contribution is 6.30. The molecule has 0 spiro atoms. The van der Waals surface area contributed by atoms with Crippen LogP contribution < -0.4 is 0 Å². The molecule has 0 radical (unpaired) electrons. The summed E-state index contributed by atoms with van der Waals surface area (Å²) < 4.78 is 4.05. The second-order valence-electron chi connectivity index (χ2n) is 5.98. The third-order valence-electron chi connectivity index (χ3n) is 4.39. The molecule has 0 aliphatic rings. The molecule has 0 saturated carbocycles. The molecular formula is C20H16ClN5. The Bertz CT molecular complexity index is 1130. The fourth-order valence-corrected chi connectivity index (χ4v) is 3.39. The van der Waals surface area contributed by atoms with E-state index in [1.807, 2.05) is 53.2 Å². The van der Waals surface area contributed by atoms with Crippen molar-refractivity contribution in [3.05, 3.63) is 76.8 Å². The summed E-state index contributed by atoms with van der Waals surface area (Å²) in [5.41, 5.74) is 4.44. The van der Waals surface area contributed by atoms with Crippen LogP contribution in [0.25, 0.3) is 16.7 Å². The Kier molecular flexibility index (Phi) is 4.19. The van der Waals surface area contributed by atoms with Gasteiger partial charge in [0.25, 0.3) is 0 Å². The quantitative estimate of drug-likeness (QED) is 0.542. The molecule has 2 aromatic carbocycles. The van der Waals surface area contributed by atoms with Gasteiger partial charge in [0.15, 0.2) is 0 Å². The van der Waals surface area contributed by atoms with Gasteiger partial charge in [-0.2, -0.15) is 10.4 Å². The van der Waals surface area contributed by atoms with E-state index in [9.17, 15) is 0 Å². The van der Waals surface area contributed by atoms with Gasteiger partial charge in [-0.1, -0.05) is 17.7 Å². The number of nitriles is 1. The van der Waals surface area contributed by atoms with Gasteiger partial charge >= 0.3 is 0 Å². The Morgan fingerprint density at radius 2 is 2.04 bits per heavy atom. The second-order valence-corrected chi connectivity index (χ2v) is 6.42. The molecule has 0 fully saturated rings. The Balaban J connectivity index is 1.77. The van der Waals surface area contributed by atoms with Crippen LogP contribution in [0.5, 0.6) is 0 Å². The van der Waals surface area contributed by atoms with Gasteiger partial charge in [-0.05, 0) is 49.4 Å². The van der Waals surface area contributed by atoms with Gasteiger partial charge in [-0.15, -0.1) is 0 Å². The van der Waals surface area contributed by atoms with Crippen LogP contribution in [0.4, 0.5) is 0 Å². The van der Waals surface area contributed by atoms with Crippen LogP contribution in [-0.4, -0.2) is 19.3 Å². The van der Waals surface area contributed by atoms with Crippen LogP contribution in [-0.2, 0) is 13.0 Å². The first-order valence-corrected chi connectivity index (χ1v) is 8.75. The fourth-order valence-electron chi connectivity index (χ4n) is 3.20. The van der Waals surface area contributed by atoms with Gasteiger partial charge in [0.05, 0.1) is 34.0 Å². The average Bonchev–Trinajstić information content (AvgIpc) is 3.25. The number of halogens is 1. The number of hydrogen-bond donors (Lipinski definition) is 0. The molecular weight excluding hydrogens is 346 g/mol. The molecule has 2 heterocycles. The highest BCUT2D eigenvalue weighted by Crippen LogP contribution is 2.22. The van der Waals surface area contributed by atoms with E-state index in [1.165, 1.54) is 0 Å². The van der Waals surface area contributed by atoms with Gasteiger partial charge in [-0.25, -0.2) is 9.67 Å². The van der Waals surface area contributed by atoms with Crippen molar-refractivity contribution < 1.29 is 0 Å². The number of rotatable bonds is 4. The van der Waals surface area contributed by atoms with Gasteiger partial charge in [0, 0.05) is 24.2 Å². The van der Waals surface area contributed by atoms with Crippen molar-refractivity contribution in [3.63, 3.8) is 0 Å². The van der Waals surface area contributed by atoms with E-state index in [4.69, 9.17) is 21.8 Å². The number of aryl methyl sites for hydroxylation is 1. The van der Waals surface area contributed by atoms with E-state index in [0.29, 0.717) is 17.0 Å². The van der Waals surface area contributed by atoms with Gasteiger partial charge in [0.2, 0.25) is 0 Å². The highest BCUT2D eigenvalue weighted by Gasteiger charge is 2.14. The fraction of sp³-hybridized carbons (Fsp3) is 0.150. The first-order valence-electron chi connectivity index (χ1n) is 8.37. The highest BCUT2D eigenvalue weighted by atomic mass is 35.5. The summed E-state index contributed by atoms with van der Waals surface area (Å²) in [7, 11) is 0. The molecule has 5 nitrogen and oxygen atoms in total. The number of nitrogens with zero attached hydrogens (tertiary/aromatic N) is 5. The smallest absolute Gasteiger partial charge is 0.115 e. The zero-order valence-corrected chi connectivity index (χ0v) is 15.0. The van der Waals surface area contributed by atoms with E-state index >= 15 is 0 Å². The first kappa shape index (κ1) is 16.4. The minimum absolute atomic E-state index is 0.619. The molecule has 128 valence electrons. The van der Waals surface area contributed by atoms with E-state index in [1.54, 1.807) is 6.20 Å². The topological polar surface area (TPSA) is 59.4 Å². The maximum atomic E-state index is 9.12. The molecule has 0 N–H and O–H groups in total. The second kappa shape index (κ2) is 6.66. The van der Waals surface area contributed by atoms with E-state index in [-0.39, 0.29) is 0 Å². The number of imidazole rings is 1. The van der Waals surface area contributed by atoms with E-state index in [0.717, 1.165) is 34.8 Å². The summed E-state index contributed by atoms with van der Waals surface area (Å²) in [5.74, 6) is 0.946. The Labute approximate surface area is 156 Å². The normalized spacial score (nSPS) is 11.0. The Morgan fingerprint density at radius 3 is 2.81 bits per heavy atom. The number of fused-ring (bicyclic) bond motifs is 1. The molecule has 6 heteroatoms. The van der Waals surface area contributed by atoms with E-state index in [2.05, 4.69) is 22.7 Å². The molecule has 0 atom stereocenters. The van der Waals surface area contributed by atoms with Crippen molar-refractivity contribution in [2.45, 2.75) is 19.9 Å². The molecule has 0 saturated heterocycles. The van der Waals surface area contributed by atoms with Crippen molar-refractivity contribution >= 4 is 22.6 Å². The zero-order valence-electron chi connectivity index (χ0n) is 14.2. The van der Waals surface area contributed by atoms with Crippen LogP contribution >= 0.6 is 11.6 Å². The standard InChI is InChI=1S/C20H16ClN5/c1-2-25-19-7-6-14(13-22)10-18(19)24-20(25)12-17-8-9-23-26(17)16-5-3-4-15(21)11-16/h3-11H,2,12H2,1H3. The van der Waals surface area contributed by atoms with Crippen molar-refractivity contribution in [1.82, 2.24) is 19.3 Å². The zero-order chi connectivity index (χ0) is 18.1. The van der Waals surface area contributed by atoms with Crippen LogP contribution in [0.15, 0.2) is 54.7 Å². The maximum absolute atomic E-state index is 9.12. The van der Waals surface area contributed by atoms with Crippen LogP contribution in [0, 0.1) is 11.3 Å². The monoisotopic (exact) mass is 361 g/mol. The predicted octanol–water partition coefficient (Wildman–Crippen LogP) is 4.36. The summed E-state index contributed by atoms with van der Waals surface area (Å²) in [6.45, 7) is 2.90. The SMILES string of the molecule is CCn1c(Cc2ccnn2-c2cccc(Cl)c2)nc2cc(C#N)ccc21. The lowest BCUT2D eigenvalue weighted by Gasteiger charge is -2.09. The number of aromatic nitrogens is 4. The first-order chi connectivity index (χ1) is 12.7. The minimum Gasteiger partial charge on any atom is -0.328 e. The largest absolute Gasteiger partial charge is 0.328 e. The minimum atomic E-state index is 0.619. The molecule has 0 unspecified atom stereocenters. The van der Waals surface area contributed by atoms with Gasteiger partial charge in [0.1, 0.15) is 5.82 Å². The summed E-state index contributed by atoms with van der Waals surface area (Å²) in [5, 5.41) is 14.2. The summed E-state index contributed by atoms with van der Waals surface area (Å²) >= 11 is 6.12. The van der Waals surface area contributed by atoms with E-state index < -0.39 is 0 Å². The third kappa shape index (κ3) is 2.85. The molecule has 0 bridgehead atoms. The van der Waals surface area contributed by atoms with Crippen molar-refractivity contribution in [2.75, 3.05) is 0 Å². The third-order valence-corrected chi connectivity index (χ3v) is 4.62. The van der Waals surface area contributed by atoms with Gasteiger partial charge in [-0.3, -0.25) is 0 Å². The average molecular weight is 362 g/mol. The Morgan fingerprint density at radius 1 is 1.15 bits per heavy atom. The van der Waals surface area contributed by atoms with Crippen LogP contribution in [0.3, 0.4) is 0 Å². The molecule has 2 aromatic heterocycles. The van der Waals surface area contributed by atoms with Crippen LogP contribution in [0.2, 0.25) is 5.02 Å². The molecule has 0 amide bonds. The molecule has 4 rings (SSSR count). The molecule has 0 aliphatic carbocycles. The number of benzene rings is 2. The lowest BCUT2D eigenvalue weighted by Crippen LogP contribution is -2.07. The van der Waals surface area contributed by atoms with Crippen LogP contribution in [0.1, 0.15) is 24.0 Å². The van der Waals surface area contributed by atoms with Crippen molar-refractivity contribution in [2.24, 2.45) is 0 Å². The molecule has 26 heavy (non-hydrogen) atoms. The lowest BCUT2D eigenvalue weighted by molar-refractivity contribution is 0.715. The molecule has 4 aromatic rings. The van der Waals surface area contributed by atoms with Gasteiger partial charge < -0.3 is 4.57 Å². The summed E-state index contributed by atoms with van der Waals surface area (Å²) in [6.07, 6.45) is 2.42. The number of hydrogen-bond acceptors (Lipinski definition) is 3. The predicted molar refractivity (Wildman–Crippen MR) is 102 cm³/mol. The summed E-state index contributed by atoms with van der Waals surface area (Å²) in [4.78, 5) is 4.76. The maximum Gasteiger partial charge on any atom is 0.115 e. The molecule has 0 aliphatic heterocycles. The van der Waals surface area contributed by atoms with Crippen molar-refractivity contribution in [1.29, 1.82) is 5.26 Å². The summed E-state index contributed by atoms with van der Waals surface area (Å²) in [6, 6.07) is 17.4. The Hall–Kier alpha value is -3.10.